The van der Waals surface area contributed by atoms with Crippen LogP contribution in [-0.2, 0) is 9.59 Å². The van der Waals surface area contributed by atoms with Crippen molar-refractivity contribution >= 4 is 11.8 Å². The summed E-state index contributed by atoms with van der Waals surface area (Å²) < 4.78 is 0. The molecule has 1 heterocycles. The first-order chi connectivity index (χ1) is 8.70. The molecule has 0 radical (unpaired) electrons. The lowest BCUT2D eigenvalue weighted by Gasteiger charge is -2.34. The van der Waals surface area contributed by atoms with Crippen molar-refractivity contribution in [2.75, 3.05) is 26.7 Å². The number of carbonyl (C=O) groups is 2. The minimum atomic E-state index is -0.255. The molecule has 0 aliphatic carbocycles. The predicted molar refractivity (Wildman–Crippen MR) is 71.2 cm³/mol. The third-order valence-corrected chi connectivity index (χ3v) is 3.26. The highest BCUT2D eigenvalue weighted by molar-refractivity contribution is 5.87. The molecule has 18 heavy (non-hydrogen) atoms. The van der Waals surface area contributed by atoms with Crippen LogP contribution in [0.4, 0.5) is 0 Å². The number of hydrogen-bond donors (Lipinski definition) is 2. The van der Waals surface area contributed by atoms with Crippen molar-refractivity contribution in [1.29, 1.82) is 0 Å². The molecule has 1 aliphatic heterocycles. The summed E-state index contributed by atoms with van der Waals surface area (Å²) in [4.78, 5) is 25.8. The van der Waals surface area contributed by atoms with E-state index in [4.69, 9.17) is 0 Å². The summed E-state index contributed by atoms with van der Waals surface area (Å²) in [6, 6.07) is -0.255. The normalized spacial score (nSPS) is 19.7. The molecule has 1 saturated heterocycles. The van der Waals surface area contributed by atoms with Crippen LogP contribution in [0.15, 0.2) is 0 Å². The number of carbonyl (C=O) groups excluding carboxylic acids is 2. The zero-order valence-electron chi connectivity index (χ0n) is 11.5. The van der Waals surface area contributed by atoms with E-state index in [9.17, 15) is 9.59 Å². The van der Waals surface area contributed by atoms with Crippen LogP contribution in [0.2, 0.25) is 0 Å². The van der Waals surface area contributed by atoms with Crippen molar-refractivity contribution in [3.8, 4) is 0 Å². The van der Waals surface area contributed by atoms with Crippen LogP contribution in [0.3, 0.4) is 0 Å². The smallest absolute Gasteiger partial charge is 0.242 e. The van der Waals surface area contributed by atoms with Gasteiger partial charge in [0.1, 0.15) is 6.04 Å². The number of likely N-dealkylation sites (tertiary alicyclic amines) is 1. The lowest BCUT2D eigenvalue weighted by atomic mass is 10.0. The summed E-state index contributed by atoms with van der Waals surface area (Å²) >= 11 is 0. The Hall–Kier alpha value is -1.10. The fraction of sp³-hybridized carbons (Fsp3) is 0.846. The van der Waals surface area contributed by atoms with Gasteiger partial charge >= 0.3 is 0 Å². The lowest BCUT2D eigenvalue weighted by Crippen LogP contribution is -2.52. The largest absolute Gasteiger partial charge is 0.353 e. The van der Waals surface area contributed by atoms with Gasteiger partial charge in [0.15, 0.2) is 0 Å². The zero-order chi connectivity index (χ0) is 13.4. The first-order valence-electron chi connectivity index (χ1n) is 6.92. The van der Waals surface area contributed by atoms with Crippen LogP contribution < -0.4 is 10.6 Å². The van der Waals surface area contributed by atoms with E-state index in [1.54, 1.807) is 4.90 Å². The van der Waals surface area contributed by atoms with E-state index in [1.165, 1.54) is 0 Å². The lowest BCUT2D eigenvalue weighted by molar-refractivity contribution is -0.142. The molecule has 1 fully saturated rings. The Balaban J connectivity index is 2.52. The van der Waals surface area contributed by atoms with Crippen LogP contribution in [-0.4, -0.2) is 49.4 Å². The van der Waals surface area contributed by atoms with E-state index in [-0.39, 0.29) is 17.9 Å². The molecule has 1 unspecified atom stereocenters. The van der Waals surface area contributed by atoms with Gasteiger partial charge < -0.3 is 15.5 Å². The van der Waals surface area contributed by atoms with Gasteiger partial charge in [-0.25, -0.2) is 0 Å². The fourth-order valence-corrected chi connectivity index (χ4v) is 2.29. The fourth-order valence-electron chi connectivity index (χ4n) is 2.29. The number of rotatable bonds is 6. The molecule has 0 aromatic heterocycles. The van der Waals surface area contributed by atoms with Crippen molar-refractivity contribution in [2.24, 2.45) is 0 Å². The maximum Gasteiger partial charge on any atom is 0.242 e. The maximum absolute atomic E-state index is 12.1. The molecule has 5 nitrogen and oxygen atoms in total. The van der Waals surface area contributed by atoms with E-state index in [0.717, 1.165) is 38.8 Å². The third kappa shape index (κ3) is 4.29. The van der Waals surface area contributed by atoms with Gasteiger partial charge in [-0.3, -0.25) is 9.59 Å². The molecule has 0 aromatic rings. The first kappa shape index (κ1) is 15.0. The number of likely N-dealkylation sites (N-methyl/N-ethyl adjacent to an activating group) is 1. The van der Waals surface area contributed by atoms with Gasteiger partial charge in [0, 0.05) is 26.1 Å². The molecule has 104 valence electrons. The quantitative estimate of drug-likeness (QED) is 0.680. The molecule has 0 saturated carbocycles. The first-order valence-corrected chi connectivity index (χ1v) is 6.92. The Kier molecular flexibility index (Phi) is 6.72. The van der Waals surface area contributed by atoms with Crippen LogP contribution in [0.25, 0.3) is 0 Å². The highest BCUT2D eigenvalue weighted by Crippen LogP contribution is 2.18. The molecule has 2 amide bonds. The third-order valence-electron chi connectivity index (χ3n) is 3.26. The molecule has 2 N–H and O–H groups in total. The highest BCUT2D eigenvalue weighted by Gasteiger charge is 2.31. The molecular weight excluding hydrogens is 230 g/mol. The topological polar surface area (TPSA) is 61.4 Å². The minimum absolute atomic E-state index is 0.00518. The van der Waals surface area contributed by atoms with Crippen molar-refractivity contribution in [2.45, 2.75) is 45.1 Å². The van der Waals surface area contributed by atoms with E-state index in [2.05, 4.69) is 10.6 Å². The molecule has 5 heteroatoms. The Morgan fingerprint density at radius 3 is 2.72 bits per heavy atom. The van der Waals surface area contributed by atoms with Gasteiger partial charge in [0.05, 0.1) is 0 Å². The summed E-state index contributed by atoms with van der Waals surface area (Å²) in [6.07, 6.45) is 4.21. The second-order valence-corrected chi connectivity index (χ2v) is 4.74. The summed E-state index contributed by atoms with van der Waals surface area (Å²) in [5, 5.41) is 5.87. The molecule has 0 spiro atoms. The Morgan fingerprint density at radius 1 is 1.28 bits per heavy atom. The molecule has 0 bridgehead atoms. The molecule has 1 atom stereocenters. The van der Waals surface area contributed by atoms with Crippen molar-refractivity contribution in [1.82, 2.24) is 15.5 Å². The summed E-state index contributed by atoms with van der Waals surface area (Å²) in [5.41, 5.74) is 0. The van der Waals surface area contributed by atoms with Gasteiger partial charge in [-0.15, -0.1) is 0 Å². The summed E-state index contributed by atoms with van der Waals surface area (Å²) in [5.74, 6) is 0.111. The van der Waals surface area contributed by atoms with Gasteiger partial charge in [0.2, 0.25) is 11.8 Å². The zero-order valence-corrected chi connectivity index (χ0v) is 11.5. The van der Waals surface area contributed by atoms with Crippen LogP contribution in [0, 0.1) is 0 Å². The Bertz CT molecular complexity index is 281. The van der Waals surface area contributed by atoms with Gasteiger partial charge in [0.25, 0.3) is 0 Å². The van der Waals surface area contributed by atoms with Crippen LogP contribution in [0.5, 0.6) is 0 Å². The van der Waals surface area contributed by atoms with Crippen LogP contribution in [0.1, 0.15) is 39.0 Å². The second-order valence-electron chi connectivity index (χ2n) is 4.74. The Labute approximate surface area is 109 Å². The minimum Gasteiger partial charge on any atom is -0.353 e. The Morgan fingerprint density at radius 2 is 2.06 bits per heavy atom. The highest BCUT2D eigenvalue weighted by atomic mass is 16.2. The standard InChI is InChI=1S/C13H25N3O2/c1-3-6-12(17)16-10-5-4-7-11(16)13(18)15-9-8-14-2/h11,14H,3-10H2,1-2H3,(H,15,18). The second kappa shape index (κ2) is 8.08. The van der Waals surface area contributed by atoms with E-state index in [1.807, 2.05) is 14.0 Å². The van der Waals surface area contributed by atoms with E-state index >= 15 is 0 Å². The monoisotopic (exact) mass is 255 g/mol. The molecule has 0 aromatic carbocycles. The van der Waals surface area contributed by atoms with Gasteiger partial charge in [-0.05, 0) is 32.7 Å². The van der Waals surface area contributed by atoms with Crippen molar-refractivity contribution in [3.63, 3.8) is 0 Å². The average Bonchev–Trinajstić information content (AvgIpc) is 2.39. The number of nitrogens with zero attached hydrogens (tertiary/aromatic N) is 1. The van der Waals surface area contributed by atoms with E-state index in [0.29, 0.717) is 13.0 Å². The number of hydrogen-bond acceptors (Lipinski definition) is 3. The summed E-state index contributed by atoms with van der Waals surface area (Å²) in [6.45, 7) is 4.08. The van der Waals surface area contributed by atoms with Gasteiger partial charge in [-0.2, -0.15) is 0 Å². The molecule has 1 rings (SSSR count). The SMILES string of the molecule is CCCC(=O)N1CCCCC1C(=O)NCCNC. The number of amides is 2. The number of nitrogens with one attached hydrogen (secondary N) is 2. The van der Waals surface area contributed by atoms with Crippen molar-refractivity contribution < 1.29 is 9.59 Å². The van der Waals surface area contributed by atoms with E-state index < -0.39 is 0 Å². The van der Waals surface area contributed by atoms with Crippen LogP contribution >= 0.6 is 0 Å². The van der Waals surface area contributed by atoms with Gasteiger partial charge in [-0.1, -0.05) is 6.92 Å². The molecule has 1 aliphatic rings. The predicted octanol–water partition coefficient (Wildman–Crippen LogP) is 0.503. The molecular formula is C13H25N3O2. The number of piperidine rings is 1. The maximum atomic E-state index is 12.1. The average molecular weight is 255 g/mol. The van der Waals surface area contributed by atoms with Crippen molar-refractivity contribution in [3.05, 3.63) is 0 Å². The summed E-state index contributed by atoms with van der Waals surface area (Å²) in [7, 11) is 1.85.